The minimum Gasteiger partial charge on any atom is -0.399 e. The number of hydrogen-bond donors (Lipinski definition) is 2. The highest BCUT2D eigenvalue weighted by atomic mass is 15.2. The first-order valence-corrected chi connectivity index (χ1v) is 6.17. The first-order valence-electron chi connectivity index (χ1n) is 6.17. The highest BCUT2D eigenvalue weighted by Crippen LogP contribution is 2.32. The van der Waals surface area contributed by atoms with E-state index >= 15 is 0 Å². The molecule has 0 atom stereocenters. The van der Waals surface area contributed by atoms with Crippen molar-refractivity contribution < 1.29 is 0 Å². The summed E-state index contributed by atoms with van der Waals surface area (Å²) in [4.78, 5) is 4.08. The number of hydrogen-bond acceptors (Lipinski definition) is 4. The molecule has 5 nitrogen and oxygen atoms in total. The first kappa shape index (κ1) is 11.5. The van der Waals surface area contributed by atoms with Crippen molar-refractivity contribution in [1.29, 1.82) is 0 Å². The van der Waals surface area contributed by atoms with E-state index in [9.17, 15) is 0 Å². The molecule has 0 saturated carbocycles. The molecule has 19 heavy (non-hydrogen) atoms. The summed E-state index contributed by atoms with van der Waals surface area (Å²) in [5.74, 6) is 0.488. The molecule has 1 aromatic carbocycles. The topological polar surface area (TPSA) is 82.2 Å². The predicted octanol–water partition coefficient (Wildman–Crippen LogP) is 2.12. The minimum atomic E-state index is 0.488. The maximum atomic E-state index is 6.00. The van der Waals surface area contributed by atoms with Crippen LogP contribution >= 0.6 is 0 Å². The lowest BCUT2D eigenvalue weighted by Crippen LogP contribution is -1.98. The van der Waals surface area contributed by atoms with Gasteiger partial charge in [-0.3, -0.25) is 0 Å². The van der Waals surface area contributed by atoms with Crippen molar-refractivity contribution >= 4 is 17.0 Å². The van der Waals surface area contributed by atoms with Gasteiger partial charge >= 0.3 is 0 Å². The van der Waals surface area contributed by atoms with Crippen LogP contribution in [0.15, 0.2) is 36.8 Å². The number of aromatic nitrogens is 3. The van der Waals surface area contributed by atoms with Crippen molar-refractivity contribution in [3.63, 3.8) is 0 Å². The van der Waals surface area contributed by atoms with E-state index in [4.69, 9.17) is 11.5 Å². The van der Waals surface area contributed by atoms with E-state index in [0.717, 1.165) is 28.8 Å². The highest BCUT2D eigenvalue weighted by Gasteiger charge is 2.15. The molecular weight excluding hydrogens is 238 g/mol. The molecule has 5 heteroatoms. The Hall–Kier alpha value is -2.56. The Labute approximate surface area is 110 Å². The molecule has 96 valence electrons. The summed E-state index contributed by atoms with van der Waals surface area (Å²) in [6.07, 6.45) is 4.37. The molecule has 0 bridgehead atoms. The normalized spacial score (nSPS) is 11.0. The van der Waals surface area contributed by atoms with Crippen molar-refractivity contribution in [2.24, 2.45) is 0 Å². The smallest absolute Gasteiger partial charge is 0.151 e. The van der Waals surface area contributed by atoms with Gasteiger partial charge in [-0.1, -0.05) is 19.1 Å². The van der Waals surface area contributed by atoms with Crippen molar-refractivity contribution in [1.82, 2.24) is 14.6 Å². The lowest BCUT2D eigenvalue weighted by atomic mass is 10.0. The molecule has 3 aromatic rings. The minimum absolute atomic E-state index is 0.488. The highest BCUT2D eigenvalue weighted by molar-refractivity contribution is 5.90. The van der Waals surface area contributed by atoms with Crippen LogP contribution in [-0.4, -0.2) is 14.6 Å². The zero-order valence-electron chi connectivity index (χ0n) is 10.7. The number of rotatable bonds is 2. The van der Waals surface area contributed by atoms with E-state index in [1.54, 1.807) is 4.52 Å². The van der Waals surface area contributed by atoms with Gasteiger partial charge < -0.3 is 11.5 Å². The lowest BCUT2D eigenvalue weighted by Gasteiger charge is -2.05. The van der Waals surface area contributed by atoms with Crippen molar-refractivity contribution in [3.05, 3.63) is 42.4 Å². The first-order chi connectivity index (χ1) is 9.20. The molecular formula is C14H15N5. The summed E-state index contributed by atoms with van der Waals surface area (Å²) in [6.45, 7) is 2.11. The van der Waals surface area contributed by atoms with Gasteiger partial charge in [0.05, 0.1) is 0 Å². The third kappa shape index (κ3) is 1.79. The maximum absolute atomic E-state index is 6.00. The van der Waals surface area contributed by atoms with Gasteiger partial charge in [-0.2, -0.15) is 5.10 Å². The Bertz CT molecular complexity index is 727. The Morgan fingerprint density at radius 2 is 1.89 bits per heavy atom. The van der Waals surface area contributed by atoms with Crippen molar-refractivity contribution in [3.8, 4) is 11.1 Å². The molecule has 4 N–H and O–H groups in total. The molecule has 0 aliphatic rings. The fourth-order valence-corrected chi connectivity index (χ4v) is 2.32. The van der Waals surface area contributed by atoms with Gasteiger partial charge in [0.25, 0.3) is 0 Å². The fraction of sp³-hybridized carbons (Fsp3) is 0.143. The summed E-state index contributed by atoms with van der Waals surface area (Å²) in [6, 6.07) is 7.77. The summed E-state index contributed by atoms with van der Waals surface area (Å²) in [7, 11) is 0. The van der Waals surface area contributed by atoms with E-state index < -0.39 is 0 Å². The van der Waals surface area contributed by atoms with Crippen LogP contribution in [0, 0.1) is 0 Å². The van der Waals surface area contributed by atoms with Gasteiger partial charge in [-0.25, -0.2) is 9.50 Å². The number of fused-ring (bicyclic) bond motifs is 1. The zero-order valence-corrected chi connectivity index (χ0v) is 10.7. The molecule has 2 aromatic heterocycles. The molecule has 0 amide bonds. The third-order valence-electron chi connectivity index (χ3n) is 3.26. The van der Waals surface area contributed by atoms with Crippen LogP contribution in [0.5, 0.6) is 0 Å². The monoisotopic (exact) mass is 253 g/mol. The Kier molecular flexibility index (Phi) is 2.59. The quantitative estimate of drug-likeness (QED) is 0.685. The fourth-order valence-electron chi connectivity index (χ4n) is 2.32. The van der Waals surface area contributed by atoms with Crippen LogP contribution in [0.4, 0.5) is 11.5 Å². The van der Waals surface area contributed by atoms with E-state index in [1.165, 1.54) is 11.9 Å². The SMILES string of the molecule is CCc1cn2ncnc(N)c2c1-c1ccc(N)cc1. The van der Waals surface area contributed by atoms with Crippen molar-refractivity contribution in [2.45, 2.75) is 13.3 Å². The summed E-state index contributed by atoms with van der Waals surface area (Å²) in [5.41, 5.74) is 16.7. The third-order valence-corrected chi connectivity index (χ3v) is 3.26. The maximum Gasteiger partial charge on any atom is 0.151 e. The number of nitrogen functional groups attached to an aromatic ring is 2. The molecule has 0 spiro atoms. The van der Waals surface area contributed by atoms with Crippen molar-refractivity contribution in [2.75, 3.05) is 11.5 Å². The van der Waals surface area contributed by atoms with Gasteiger partial charge in [0.1, 0.15) is 11.8 Å². The molecule has 0 aliphatic heterocycles. The molecule has 0 unspecified atom stereocenters. The van der Waals surface area contributed by atoms with Gasteiger partial charge in [-0.15, -0.1) is 0 Å². The standard InChI is InChI=1S/C14H15N5/c1-2-9-7-19-13(14(16)17-8-18-19)12(9)10-3-5-11(15)6-4-10/h3-8H,2,15H2,1H3,(H2,16,17,18). The lowest BCUT2D eigenvalue weighted by molar-refractivity contribution is 0.901. The van der Waals surface area contributed by atoms with Crippen LogP contribution in [0.1, 0.15) is 12.5 Å². The van der Waals surface area contributed by atoms with Crippen LogP contribution < -0.4 is 11.5 Å². The average molecular weight is 253 g/mol. The van der Waals surface area contributed by atoms with Gasteiger partial charge in [0.15, 0.2) is 5.82 Å². The van der Waals surface area contributed by atoms with Crippen LogP contribution in [0.25, 0.3) is 16.6 Å². The van der Waals surface area contributed by atoms with E-state index in [-0.39, 0.29) is 0 Å². The van der Waals surface area contributed by atoms with Crippen LogP contribution in [0.3, 0.4) is 0 Å². The van der Waals surface area contributed by atoms with Crippen LogP contribution in [0.2, 0.25) is 0 Å². The van der Waals surface area contributed by atoms with E-state index in [0.29, 0.717) is 5.82 Å². The number of benzene rings is 1. The summed E-state index contributed by atoms with van der Waals surface area (Å²) in [5, 5.41) is 4.22. The zero-order chi connectivity index (χ0) is 13.4. The van der Waals surface area contributed by atoms with Gasteiger partial charge in [-0.05, 0) is 29.7 Å². The second-order valence-electron chi connectivity index (χ2n) is 4.44. The summed E-state index contributed by atoms with van der Waals surface area (Å²) >= 11 is 0. The second kappa shape index (κ2) is 4.28. The Balaban J connectivity index is 2.35. The molecule has 3 rings (SSSR count). The molecule has 0 aliphatic carbocycles. The number of aryl methyl sites for hydroxylation is 1. The van der Waals surface area contributed by atoms with E-state index in [2.05, 4.69) is 17.0 Å². The number of nitrogens with two attached hydrogens (primary N) is 2. The molecule has 0 fully saturated rings. The number of anilines is 2. The van der Waals surface area contributed by atoms with E-state index in [1.807, 2.05) is 30.5 Å². The Morgan fingerprint density at radius 3 is 2.58 bits per heavy atom. The van der Waals surface area contributed by atoms with Crippen LogP contribution in [-0.2, 0) is 6.42 Å². The predicted molar refractivity (Wildman–Crippen MR) is 76.6 cm³/mol. The average Bonchev–Trinajstić information content (AvgIpc) is 2.80. The Morgan fingerprint density at radius 1 is 1.16 bits per heavy atom. The molecule has 2 heterocycles. The molecule has 0 saturated heterocycles. The second-order valence-corrected chi connectivity index (χ2v) is 4.44. The van der Waals surface area contributed by atoms with Gasteiger partial charge in [0.2, 0.25) is 0 Å². The summed E-state index contributed by atoms with van der Waals surface area (Å²) < 4.78 is 1.78. The largest absolute Gasteiger partial charge is 0.399 e. The van der Waals surface area contributed by atoms with Gasteiger partial charge in [0, 0.05) is 17.4 Å². The molecule has 0 radical (unpaired) electrons. The number of nitrogens with zero attached hydrogens (tertiary/aromatic N) is 3.